The van der Waals surface area contributed by atoms with Crippen LogP contribution in [-0.2, 0) is 7.05 Å². The van der Waals surface area contributed by atoms with Crippen LogP contribution >= 0.6 is 0 Å². The Kier molecular flexibility index (Phi) is 3.34. The van der Waals surface area contributed by atoms with Crippen LogP contribution < -0.4 is 16.4 Å². The van der Waals surface area contributed by atoms with Gasteiger partial charge >= 0.3 is 0 Å². The zero-order valence-corrected chi connectivity index (χ0v) is 13.3. The maximum atomic E-state index is 13.1. The Labute approximate surface area is 138 Å². The molecule has 8 heteroatoms. The third-order valence-electron chi connectivity index (χ3n) is 4.19. The van der Waals surface area contributed by atoms with Crippen molar-refractivity contribution < 1.29 is 4.39 Å². The standard InChI is InChI=1S/C16H18FN7/c1-24-14-12(8-20-24)13(21-11-4-2-10(17)3-5-11)22-15(23-14)19-9-16(18)6-7-16/h2-5,8H,6-7,9,18H2,1H3,(H2,19,21,22,23). The van der Waals surface area contributed by atoms with Crippen molar-refractivity contribution >= 4 is 28.5 Å². The van der Waals surface area contributed by atoms with Crippen LogP contribution in [0.15, 0.2) is 30.5 Å². The van der Waals surface area contributed by atoms with E-state index in [0.717, 1.165) is 23.9 Å². The monoisotopic (exact) mass is 327 g/mol. The van der Waals surface area contributed by atoms with Crippen LogP contribution in [0.1, 0.15) is 12.8 Å². The highest BCUT2D eigenvalue weighted by atomic mass is 19.1. The van der Waals surface area contributed by atoms with E-state index in [1.54, 1.807) is 23.0 Å². The van der Waals surface area contributed by atoms with Crippen molar-refractivity contribution in [3.8, 4) is 0 Å². The van der Waals surface area contributed by atoms with Gasteiger partial charge in [-0.25, -0.2) is 4.39 Å². The second kappa shape index (κ2) is 5.41. The number of nitrogens with one attached hydrogen (secondary N) is 2. The minimum Gasteiger partial charge on any atom is -0.352 e. The summed E-state index contributed by atoms with van der Waals surface area (Å²) in [5.41, 5.74) is 7.41. The van der Waals surface area contributed by atoms with E-state index in [0.29, 0.717) is 24.0 Å². The molecule has 0 spiro atoms. The first-order chi connectivity index (χ1) is 11.5. The van der Waals surface area contributed by atoms with Gasteiger partial charge in [0.15, 0.2) is 5.65 Å². The highest BCUT2D eigenvalue weighted by molar-refractivity contribution is 5.89. The second-order valence-corrected chi connectivity index (χ2v) is 6.25. The van der Waals surface area contributed by atoms with E-state index in [2.05, 4.69) is 25.7 Å². The predicted molar refractivity (Wildman–Crippen MR) is 90.6 cm³/mol. The van der Waals surface area contributed by atoms with Crippen LogP contribution in [0.4, 0.5) is 21.8 Å². The smallest absolute Gasteiger partial charge is 0.226 e. The van der Waals surface area contributed by atoms with Crippen molar-refractivity contribution in [3.05, 3.63) is 36.3 Å². The maximum Gasteiger partial charge on any atom is 0.226 e. The Morgan fingerprint density at radius 3 is 2.71 bits per heavy atom. The number of nitrogens with zero attached hydrogens (tertiary/aromatic N) is 4. The van der Waals surface area contributed by atoms with E-state index in [9.17, 15) is 4.39 Å². The SMILES string of the molecule is Cn1ncc2c(Nc3ccc(F)cc3)nc(NCC3(N)CC3)nc21. The van der Waals surface area contributed by atoms with Gasteiger partial charge in [0.25, 0.3) is 0 Å². The number of fused-ring (bicyclic) bond motifs is 1. The number of hydrogen-bond acceptors (Lipinski definition) is 6. The molecule has 3 aromatic rings. The normalized spacial score (nSPS) is 15.5. The summed E-state index contributed by atoms with van der Waals surface area (Å²) in [6, 6.07) is 6.11. The second-order valence-electron chi connectivity index (χ2n) is 6.25. The fourth-order valence-electron chi connectivity index (χ4n) is 2.46. The molecule has 2 aromatic heterocycles. The molecule has 1 aliphatic carbocycles. The van der Waals surface area contributed by atoms with Gasteiger partial charge in [-0.15, -0.1) is 0 Å². The van der Waals surface area contributed by atoms with E-state index >= 15 is 0 Å². The molecule has 7 nitrogen and oxygen atoms in total. The first-order valence-electron chi connectivity index (χ1n) is 7.78. The van der Waals surface area contributed by atoms with Crippen LogP contribution in [0.25, 0.3) is 11.0 Å². The van der Waals surface area contributed by atoms with Crippen molar-refractivity contribution in [1.82, 2.24) is 19.7 Å². The first kappa shape index (κ1) is 14.8. The molecule has 0 radical (unpaired) electrons. The number of anilines is 3. The van der Waals surface area contributed by atoms with Crippen molar-refractivity contribution in [3.63, 3.8) is 0 Å². The lowest BCUT2D eigenvalue weighted by Crippen LogP contribution is -2.31. The van der Waals surface area contributed by atoms with Crippen LogP contribution in [0, 0.1) is 5.82 Å². The summed E-state index contributed by atoms with van der Waals surface area (Å²) in [4.78, 5) is 9.03. The number of aryl methyl sites for hydroxylation is 1. The number of benzene rings is 1. The van der Waals surface area contributed by atoms with E-state index in [1.807, 2.05) is 7.05 Å². The van der Waals surface area contributed by atoms with Gasteiger partial charge in [0.1, 0.15) is 11.6 Å². The number of halogens is 1. The van der Waals surface area contributed by atoms with Crippen molar-refractivity contribution in [2.45, 2.75) is 18.4 Å². The largest absolute Gasteiger partial charge is 0.352 e. The lowest BCUT2D eigenvalue weighted by molar-refractivity contribution is 0.628. The third kappa shape index (κ3) is 2.88. The van der Waals surface area contributed by atoms with E-state index in [4.69, 9.17) is 5.73 Å². The fourth-order valence-corrected chi connectivity index (χ4v) is 2.46. The summed E-state index contributed by atoms with van der Waals surface area (Å²) in [7, 11) is 1.83. The number of hydrogen-bond donors (Lipinski definition) is 3. The highest BCUT2D eigenvalue weighted by Crippen LogP contribution is 2.32. The average molecular weight is 327 g/mol. The highest BCUT2D eigenvalue weighted by Gasteiger charge is 2.38. The maximum absolute atomic E-state index is 13.1. The van der Waals surface area contributed by atoms with Crippen molar-refractivity contribution in [2.75, 3.05) is 17.2 Å². The van der Waals surface area contributed by atoms with Gasteiger partial charge in [-0.3, -0.25) is 4.68 Å². The van der Waals surface area contributed by atoms with Crippen molar-refractivity contribution in [2.24, 2.45) is 12.8 Å². The van der Waals surface area contributed by atoms with Gasteiger partial charge in [0, 0.05) is 24.8 Å². The summed E-state index contributed by atoms with van der Waals surface area (Å²) < 4.78 is 14.8. The van der Waals surface area contributed by atoms with Crippen LogP contribution in [0.5, 0.6) is 0 Å². The third-order valence-corrected chi connectivity index (χ3v) is 4.19. The molecule has 0 atom stereocenters. The Bertz CT molecular complexity index is 883. The van der Waals surface area contributed by atoms with Gasteiger partial charge < -0.3 is 16.4 Å². The molecule has 0 unspecified atom stereocenters. The summed E-state index contributed by atoms with van der Waals surface area (Å²) in [5, 5.41) is 11.4. The Balaban J connectivity index is 1.67. The number of aromatic nitrogens is 4. The zero-order valence-electron chi connectivity index (χ0n) is 13.3. The molecular weight excluding hydrogens is 309 g/mol. The number of nitrogens with two attached hydrogens (primary N) is 1. The molecule has 0 saturated heterocycles. The summed E-state index contributed by atoms with van der Waals surface area (Å²) in [5.74, 6) is 0.825. The van der Waals surface area contributed by atoms with Gasteiger partial charge in [-0.1, -0.05) is 0 Å². The summed E-state index contributed by atoms with van der Waals surface area (Å²) in [6.07, 6.45) is 3.72. The quantitative estimate of drug-likeness (QED) is 0.665. The molecule has 1 saturated carbocycles. The van der Waals surface area contributed by atoms with E-state index in [-0.39, 0.29) is 11.4 Å². The predicted octanol–water partition coefficient (Wildman–Crippen LogP) is 2.15. The van der Waals surface area contributed by atoms with Gasteiger partial charge in [0.2, 0.25) is 5.95 Å². The summed E-state index contributed by atoms with van der Waals surface area (Å²) in [6.45, 7) is 0.631. The Hall–Kier alpha value is -2.74. The van der Waals surface area contributed by atoms with Crippen LogP contribution in [0.3, 0.4) is 0 Å². The minimum absolute atomic E-state index is 0.144. The molecule has 0 aliphatic heterocycles. The molecule has 4 rings (SSSR count). The number of rotatable bonds is 5. The lowest BCUT2D eigenvalue weighted by atomic mass is 10.3. The average Bonchev–Trinajstić information content (AvgIpc) is 3.20. The van der Waals surface area contributed by atoms with E-state index < -0.39 is 0 Å². The zero-order chi connectivity index (χ0) is 16.7. The van der Waals surface area contributed by atoms with Gasteiger partial charge in [0.05, 0.1) is 11.6 Å². The van der Waals surface area contributed by atoms with E-state index in [1.165, 1.54) is 12.1 Å². The van der Waals surface area contributed by atoms with Gasteiger partial charge in [-0.05, 0) is 37.1 Å². The molecule has 4 N–H and O–H groups in total. The molecule has 2 heterocycles. The molecule has 0 amide bonds. The lowest BCUT2D eigenvalue weighted by Gasteiger charge is -2.12. The Morgan fingerprint density at radius 2 is 2.00 bits per heavy atom. The topological polar surface area (TPSA) is 93.7 Å². The first-order valence-corrected chi connectivity index (χ1v) is 7.78. The molecule has 0 bridgehead atoms. The molecule has 1 aromatic carbocycles. The summed E-state index contributed by atoms with van der Waals surface area (Å²) >= 11 is 0. The fraction of sp³-hybridized carbons (Fsp3) is 0.312. The van der Waals surface area contributed by atoms with Gasteiger partial charge in [-0.2, -0.15) is 15.1 Å². The molecular formula is C16H18FN7. The molecule has 1 aliphatic rings. The minimum atomic E-state index is -0.283. The van der Waals surface area contributed by atoms with Crippen molar-refractivity contribution in [1.29, 1.82) is 0 Å². The Morgan fingerprint density at radius 1 is 1.25 bits per heavy atom. The van der Waals surface area contributed by atoms with Crippen LogP contribution in [-0.4, -0.2) is 31.8 Å². The molecule has 124 valence electrons. The molecule has 24 heavy (non-hydrogen) atoms. The van der Waals surface area contributed by atoms with Crippen LogP contribution in [0.2, 0.25) is 0 Å². The molecule has 1 fully saturated rings.